The summed E-state index contributed by atoms with van der Waals surface area (Å²) < 4.78 is 0. The molecule has 2 nitrogen and oxygen atoms in total. The summed E-state index contributed by atoms with van der Waals surface area (Å²) in [6.45, 7) is 2.06. The van der Waals surface area contributed by atoms with Gasteiger partial charge >= 0.3 is 0 Å². The zero-order valence-electron chi connectivity index (χ0n) is 5.80. The molecule has 1 rings (SSSR count). The van der Waals surface area contributed by atoms with E-state index in [0.717, 1.165) is 6.42 Å². The molecule has 54 valence electrons. The predicted molar refractivity (Wildman–Crippen MR) is 35.1 cm³/mol. The van der Waals surface area contributed by atoms with Crippen molar-refractivity contribution in [3.8, 4) is 0 Å². The van der Waals surface area contributed by atoms with E-state index in [4.69, 9.17) is 10.2 Å². The second kappa shape index (κ2) is 2.27. The molecule has 0 aliphatic heterocycles. The number of aliphatic hydroxyl groups is 2. The Hall–Kier alpha value is -0.0800. The fourth-order valence-corrected chi connectivity index (χ4v) is 1.05. The Morgan fingerprint density at radius 3 is 2.44 bits per heavy atom. The maximum atomic E-state index is 8.98. The molecule has 1 atom stereocenters. The summed E-state index contributed by atoms with van der Waals surface area (Å²) in [5.74, 6) is 0. The monoisotopic (exact) mass is 130 g/mol. The molecule has 1 aliphatic carbocycles. The minimum atomic E-state index is -0.488. The molecule has 0 spiro atoms. The van der Waals surface area contributed by atoms with E-state index >= 15 is 0 Å². The third-order valence-electron chi connectivity index (χ3n) is 2.04. The predicted octanol–water partition coefficient (Wildman–Crippen LogP) is 0.530. The highest BCUT2D eigenvalue weighted by Gasteiger charge is 2.38. The molecule has 1 fully saturated rings. The molecule has 0 heterocycles. The van der Waals surface area contributed by atoms with Crippen LogP contribution < -0.4 is 0 Å². The highest BCUT2D eigenvalue weighted by Crippen LogP contribution is 2.48. The number of hydrogen-bond acceptors (Lipinski definition) is 2. The molecule has 1 aliphatic rings. The van der Waals surface area contributed by atoms with Crippen LogP contribution in [0.2, 0.25) is 0 Å². The van der Waals surface area contributed by atoms with Crippen LogP contribution in [0, 0.1) is 5.41 Å². The first-order valence-corrected chi connectivity index (χ1v) is 3.45. The Balaban J connectivity index is 2.17. The second-order valence-electron chi connectivity index (χ2n) is 3.35. The quantitative estimate of drug-likeness (QED) is 0.585. The fourth-order valence-electron chi connectivity index (χ4n) is 1.05. The lowest BCUT2D eigenvalue weighted by Gasteiger charge is -2.11. The van der Waals surface area contributed by atoms with Crippen molar-refractivity contribution in [3.63, 3.8) is 0 Å². The summed E-state index contributed by atoms with van der Waals surface area (Å²) in [5.41, 5.74) is 0.363. The van der Waals surface area contributed by atoms with Crippen molar-refractivity contribution in [3.05, 3.63) is 0 Å². The molecule has 0 aromatic heterocycles. The zero-order valence-corrected chi connectivity index (χ0v) is 5.80. The topological polar surface area (TPSA) is 40.5 Å². The maximum Gasteiger partial charge on any atom is 0.0776 e. The van der Waals surface area contributed by atoms with Gasteiger partial charge in [-0.15, -0.1) is 0 Å². The van der Waals surface area contributed by atoms with Crippen molar-refractivity contribution in [2.45, 2.75) is 32.3 Å². The molecule has 0 aromatic rings. The van der Waals surface area contributed by atoms with Crippen molar-refractivity contribution in [1.29, 1.82) is 0 Å². The van der Waals surface area contributed by atoms with Crippen LogP contribution >= 0.6 is 0 Å². The van der Waals surface area contributed by atoms with E-state index in [-0.39, 0.29) is 6.61 Å². The third kappa shape index (κ3) is 1.95. The smallest absolute Gasteiger partial charge is 0.0776 e. The average Bonchev–Trinajstić information content (AvgIpc) is 2.48. The first-order chi connectivity index (χ1) is 4.16. The van der Waals surface area contributed by atoms with Crippen LogP contribution in [0.5, 0.6) is 0 Å². The van der Waals surface area contributed by atoms with Gasteiger partial charge in [0.2, 0.25) is 0 Å². The standard InChI is InChI=1S/C7H14O2/c1-7(2-3-7)4-6(9)5-8/h6,8-9H,2-5H2,1H3/t6-/m1/s1. The van der Waals surface area contributed by atoms with E-state index in [1.54, 1.807) is 0 Å². The van der Waals surface area contributed by atoms with Gasteiger partial charge < -0.3 is 10.2 Å². The molecule has 0 radical (unpaired) electrons. The molecule has 2 N–H and O–H groups in total. The lowest BCUT2D eigenvalue weighted by molar-refractivity contribution is 0.0727. The SMILES string of the molecule is CC1(C[C@@H](O)CO)CC1. The summed E-state index contributed by atoms with van der Waals surface area (Å²) in [4.78, 5) is 0. The summed E-state index contributed by atoms with van der Waals surface area (Å²) in [6, 6.07) is 0. The second-order valence-corrected chi connectivity index (χ2v) is 3.35. The van der Waals surface area contributed by atoms with Crippen LogP contribution in [0.1, 0.15) is 26.2 Å². The lowest BCUT2D eigenvalue weighted by Crippen LogP contribution is -2.16. The van der Waals surface area contributed by atoms with E-state index in [0.29, 0.717) is 5.41 Å². The van der Waals surface area contributed by atoms with Crippen molar-refractivity contribution < 1.29 is 10.2 Å². The summed E-state index contributed by atoms with van der Waals surface area (Å²) >= 11 is 0. The molecule has 1 saturated carbocycles. The van der Waals surface area contributed by atoms with Gasteiger partial charge in [0.05, 0.1) is 12.7 Å². The van der Waals surface area contributed by atoms with Crippen molar-refractivity contribution >= 4 is 0 Å². The van der Waals surface area contributed by atoms with Gasteiger partial charge in [0.1, 0.15) is 0 Å². The van der Waals surface area contributed by atoms with Crippen LogP contribution in [0.4, 0.5) is 0 Å². The first kappa shape index (κ1) is 7.03. The van der Waals surface area contributed by atoms with Crippen molar-refractivity contribution in [2.75, 3.05) is 6.61 Å². The molecule has 2 heteroatoms. The zero-order chi connectivity index (χ0) is 6.91. The summed E-state index contributed by atoms with van der Waals surface area (Å²) in [6.07, 6.45) is 2.70. The number of hydrogen-bond donors (Lipinski definition) is 2. The molecule has 0 amide bonds. The molecular weight excluding hydrogens is 116 g/mol. The van der Waals surface area contributed by atoms with Crippen LogP contribution in [-0.4, -0.2) is 22.9 Å². The normalized spacial score (nSPS) is 25.7. The van der Waals surface area contributed by atoms with Gasteiger partial charge in [-0.25, -0.2) is 0 Å². The number of aliphatic hydroxyl groups excluding tert-OH is 2. The molecule has 0 unspecified atom stereocenters. The fraction of sp³-hybridized carbons (Fsp3) is 1.00. The summed E-state index contributed by atoms with van der Waals surface area (Å²) in [5, 5.41) is 17.5. The van der Waals surface area contributed by atoms with Gasteiger partial charge in [0.15, 0.2) is 0 Å². The minimum absolute atomic E-state index is 0.0877. The van der Waals surface area contributed by atoms with E-state index in [1.807, 2.05) is 0 Å². The van der Waals surface area contributed by atoms with E-state index in [9.17, 15) is 0 Å². The van der Waals surface area contributed by atoms with Crippen LogP contribution in [0.25, 0.3) is 0 Å². The molecule has 9 heavy (non-hydrogen) atoms. The average molecular weight is 130 g/mol. The van der Waals surface area contributed by atoms with Gasteiger partial charge in [-0.1, -0.05) is 6.92 Å². The van der Waals surface area contributed by atoms with E-state index < -0.39 is 6.10 Å². The largest absolute Gasteiger partial charge is 0.394 e. The molecular formula is C7H14O2. The Kier molecular flexibility index (Phi) is 1.78. The Morgan fingerprint density at radius 2 is 2.11 bits per heavy atom. The molecule has 0 saturated heterocycles. The van der Waals surface area contributed by atoms with Gasteiger partial charge in [-0.3, -0.25) is 0 Å². The first-order valence-electron chi connectivity index (χ1n) is 3.45. The van der Waals surface area contributed by atoms with E-state index in [2.05, 4.69) is 6.92 Å². The Morgan fingerprint density at radius 1 is 1.56 bits per heavy atom. The highest BCUT2D eigenvalue weighted by atomic mass is 16.3. The van der Waals surface area contributed by atoms with Gasteiger partial charge in [0, 0.05) is 0 Å². The Labute approximate surface area is 55.5 Å². The van der Waals surface area contributed by atoms with Crippen molar-refractivity contribution in [1.82, 2.24) is 0 Å². The lowest BCUT2D eigenvalue weighted by atomic mass is 10.0. The third-order valence-corrected chi connectivity index (χ3v) is 2.04. The van der Waals surface area contributed by atoms with E-state index in [1.165, 1.54) is 12.8 Å². The van der Waals surface area contributed by atoms with Gasteiger partial charge in [-0.2, -0.15) is 0 Å². The molecule has 0 aromatic carbocycles. The molecule has 0 bridgehead atoms. The van der Waals surface area contributed by atoms with Crippen molar-refractivity contribution in [2.24, 2.45) is 5.41 Å². The Bertz CT molecular complexity index is 97.1. The number of rotatable bonds is 3. The minimum Gasteiger partial charge on any atom is -0.394 e. The maximum absolute atomic E-state index is 8.98. The summed E-state index contributed by atoms with van der Waals surface area (Å²) in [7, 11) is 0. The van der Waals surface area contributed by atoms with Gasteiger partial charge in [0.25, 0.3) is 0 Å². The van der Waals surface area contributed by atoms with Gasteiger partial charge in [-0.05, 0) is 24.7 Å². The highest BCUT2D eigenvalue weighted by molar-refractivity contribution is 4.89. The van der Waals surface area contributed by atoms with Crippen LogP contribution in [0.15, 0.2) is 0 Å². The van der Waals surface area contributed by atoms with Crippen LogP contribution in [0.3, 0.4) is 0 Å². The van der Waals surface area contributed by atoms with Crippen LogP contribution in [-0.2, 0) is 0 Å².